The summed E-state index contributed by atoms with van der Waals surface area (Å²) in [6.07, 6.45) is -3.16. The fourth-order valence-corrected chi connectivity index (χ4v) is 1.18. The summed E-state index contributed by atoms with van der Waals surface area (Å²) in [5.41, 5.74) is -1.96. The van der Waals surface area contributed by atoms with Crippen LogP contribution in [0.1, 0.15) is 28.2 Å². The highest BCUT2D eigenvalue weighted by Gasteiger charge is 2.21. The van der Waals surface area contributed by atoms with Gasteiger partial charge in [-0.2, -0.15) is 0 Å². The lowest BCUT2D eigenvalue weighted by molar-refractivity contribution is 0.0687. The van der Waals surface area contributed by atoms with Crippen LogP contribution < -0.4 is 0 Å². The lowest BCUT2D eigenvalue weighted by atomic mass is 10.2. The number of hydrogen-bond donors (Lipinski definition) is 1. The maximum atomic E-state index is 12.9. The molecule has 0 spiro atoms. The molecule has 0 unspecified atom stereocenters. The van der Waals surface area contributed by atoms with Gasteiger partial charge in [-0.15, -0.1) is 11.6 Å². The number of carboxylic acids is 1. The molecule has 1 aromatic rings. The molecule has 0 bridgehead atoms. The van der Waals surface area contributed by atoms with Gasteiger partial charge in [-0.05, 0) is 6.07 Å². The second-order valence-electron chi connectivity index (χ2n) is 2.60. The smallest absolute Gasteiger partial charge is 0.354 e. The zero-order chi connectivity index (χ0) is 11.6. The van der Waals surface area contributed by atoms with Crippen LogP contribution in [0.4, 0.5) is 13.2 Å². The summed E-state index contributed by atoms with van der Waals surface area (Å²) < 4.78 is 37.3. The Morgan fingerprint density at radius 1 is 1.60 bits per heavy atom. The molecule has 0 atom stereocenters. The average Bonchev–Trinajstić information content (AvgIpc) is 2.16. The third kappa shape index (κ3) is 2.38. The van der Waals surface area contributed by atoms with E-state index < -0.39 is 29.6 Å². The number of alkyl halides is 3. The zero-order valence-corrected chi connectivity index (χ0v) is 7.93. The Labute approximate surface area is 87.5 Å². The van der Waals surface area contributed by atoms with E-state index in [2.05, 4.69) is 4.98 Å². The molecule has 7 heteroatoms. The summed E-state index contributed by atoms with van der Waals surface area (Å²) in [4.78, 5) is 13.6. The Kier molecular flexibility index (Phi) is 3.52. The van der Waals surface area contributed by atoms with E-state index in [0.717, 1.165) is 0 Å². The van der Waals surface area contributed by atoms with Gasteiger partial charge in [0, 0.05) is 11.4 Å². The van der Waals surface area contributed by atoms with Gasteiger partial charge in [-0.3, -0.25) is 0 Å². The van der Waals surface area contributed by atoms with Crippen LogP contribution in [0.25, 0.3) is 0 Å². The van der Waals surface area contributed by atoms with Crippen LogP contribution in [0, 0.1) is 5.82 Å². The van der Waals surface area contributed by atoms with Crippen LogP contribution in [0.5, 0.6) is 0 Å². The van der Waals surface area contributed by atoms with Gasteiger partial charge < -0.3 is 5.11 Å². The van der Waals surface area contributed by atoms with Crippen molar-refractivity contribution in [3.8, 4) is 0 Å². The average molecular weight is 240 g/mol. The summed E-state index contributed by atoms with van der Waals surface area (Å²) in [5.74, 6) is -3.09. The van der Waals surface area contributed by atoms with Crippen molar-refractivity contribution in [2.75, 3.05) is 0 Å². The van der Waals surface area contributed by atoms with E-state index in [-0.39, 0.29) is 11.4 Å². The van der Waals surface area contributed by atoms with Gasteiger partial charge >= 0.3 is 5.97 Å². The van der Waals surface area contributed by atoms with Crippen LogP contribution in [0.3, 0.4) is 0 Å². The Hall–Kier alpha value is -1.30. The molecule has 82 valence electrons. The standard InChI is InChI=1S/C8H5ClF3NO2/c9-2-3-1-4(10)6(7(11)12)13-5(3)8(14)15/h1,7H,2H2,(H,14,15). The number of carbonyl (C=O) groups is 1. The Morgan fingerprint density at radius 3 is 2.60 bits per heavy atom. The van der Waals surface area contributed by atoms with E-state index in [1.54, 1.807) is 0 Å². The van der Waals surface area contributed by atoms with Gasteiger partial charge in [0.2, 0.25) is 0 Å². The van der Waals surface area contributed by atoms with Gasteiger partial charge in [-0.1, -0.05) is 0 Å². The van der Waals surface area contributed by atoms with E-state index in [0.29, 0.717) is 6.07 Å². The molecule has 0 saturated heterocycles. The molecule has 1 rings (SSSR count). The molecule has 0 aliphatic carbocycles. The van der Waals surface area contributed by atoms with Gasteiger partial charge in [0.25, 0.3) is 6.43 Å². The van der Waals surface area contributed by atoms with E-state index in [1.165, 1.54) is 0 Å². The number of hydrogen-bond acceptors (Lipinski definition) is 2. The zero-order valence-electron chi connectivity index (χ0n) is 7.18. The maximum absolute atomic E-state index is 12.9. The third-order valence-corrected chi connectivity index (χ3v) is 1.92. The van der Waals surface area contributed by atoms with Crippen LogP contribution in [-0.2, 0) is 5.88 Å². The second-order valence-corrected chi connectivity index (χ2v) is 2.87. The van der Waals surface area contributed by atoms with E-state index in [1.807, 2.05) is 0 Å². The molecule has 0 aromatic carbocycles. The van der Waals surface area contributed by atoms with Gasteiger partial charge in [0.05, 0.1) is 0 Å². The second kappa shape index (κ2) is 4.48. The number of rotatable bonds is 3. The monoisotopic (exact) mass is 239 g/mol. The molecule has 15 heavy (non-hydrogen) atoms. The van der Waals surface area contributed by atoms with Gasteiger partial charge in [-0.25, -0.2) is 22.9 Å². The summed E-state index contributed by atoms with van der Waals surface area (Å²) in [6, 6.07) is 0.658. The molecule has 0 aliphatic heterocycles. The predicted octanol–water partition coefficient (Wildman–Crippen LogP) is 2.60. The third-order valence-electron chi connectivity index (χ3n) is 1.64. The van der Waals surface area contributed by atoms with Crippen molar-refractivity contribution < 1.29 is 23.1 Å². The summed E-state index contributed by atoms with van der Waals surface area (Å²) in [5, 5.41) is 8.61. The van der Waals surface area contributed by atoms with Crippen LogP contribution in [0.2, 0.25) is 0 Å². The minimum atomic E-state index is -3.16. The van der Waals surface area contributed by atoms with Crippen LogP contribution in [0.15, 0.2) is 6.07 Å². The summed E-state index contributed by atoms with van der Waals surface area (Å²) >= 11 is 5.32. The van der Waals surface area contributed by atoms with E-state index in [9.17, 15) is 18.0 Å². The Morgan fingerprint density at radius 2 is 2.20 bits per heavy atom. The largest absolute Gasteiger partial charge is 0.477 e. The molecule has 0 amide bonds. The first-order valence-electron chi connectivity index (χ1n) is 3.74. The number of carboxylic acid groups (broad SMARTS) is 1. The Balaban J connectivity index is 3.37. The number of halogens is 4. The molecule has 1 N–H and O–H groups in total. The van der Waals surface area contributed by atoms with Gasteiger partial charge in [0.1, 0.15) is 5.69 Å². The first-order chi connectivity index (χ1) is 6.97. The van der Waals surface area contributed by atoms with Crippen LogP contribution >= 0.6 is 11.6 Å². The number of nitrogens with zero attached hydrogens (tertiary/aromatic N) is 1. The lowest BCUT2D eigenvalue weighted by Gasteiger charge is -2.06. The fraction of sp³-hybridized carbons (Fsp3) is 0.250. The van der Waals surface area contributed by atoms with Gasteiger partial charge in [0.15, 0.2) is 11.5 Å². The fourth-order valence-electron chi connectivity index (χ4n) is 0.981. The molecule has 1 aromatic heterocycles. The van der Waals surface area contributed by atoms with Crippen molar-refractivity contribution in [2.24, 2.45) is 0 Å². The van der Waals surface area contributed by atoms with E-state index in [4.69, 9.17) is 16.7 Å². The van der Waals surface area contributed by atoms with Crippen molar-refractivity contribution in [2.45, 2.75) is 12.3 Å². The van der Waals surface area contributed by atoms with Crippen LogP contribution in [-0.4, -0.2) is 16.1 Å². The molecular formula is C8H5ClF3NO2. The molecule has 1 heterocycles. The summed E-state index contributed by atoms with van der Waals surface area (Å²) in [6.45, 7) is 0. The highest BCUT2D eigenvalue weighted by molar-refractivity contribution is 6.17. The molecule has 0 fully saturated rings. The van der Waals surface area contributed by atoms with Crippen molar-refractivity contribution in [1.29, 1.82) is 0 Å². The normalized spacial score (nSPS) is 10.7. The molecule has 0 radical (unpaired) electrons. The molecule has 0 aliphatic rings. The van der Waals surface area contributed by atoms with Crippen molar-refractivity contribution in [3.63, 3.8) is 0 Å². The van der Waals surface area contributed by atoms with Crippen molar-refractivity contribution in [3.05, 3.63) is 28.8 Å². The first-order valence-corrected chi connectivity index (χ1v) is 4.27. The lowest BCUT2D eigenvalue weighted by Crippen LogP contribution is -2.09. The van der Waals surface area contributed by atoms with Crippen molar-refractivity contribution >= 4 is 17.6 Å². The Bertz CT molecular complexity index is 398. The molecule has 3 nitrogen and oxygen atoms in total. The topological polar surface area (TPSA) is 50.2 Å². The SMILES string of the molecule is O=C(O)c1nc(C(F)F)c(F)cc1CCl. The highest BCUT2D eigenvalue weighted by Crippen LogP contribution is 2.23. The minimum Gasteiger partial charge on any atom is -0.477 e. The number of aromatic carboxylic acids is 1. The molecule has 0 saturated carbocycles. The predicted molar refractivity (Wildman–Crippen MR) is 45.7 cm³/mol. The quantitative estimate of drug-likeness (QED) is 0.825. The first kappa shape index (κ1) is 11.8. The maximum Gasteiger partial charge on any atom is 0.354 e. The number of aromatic nitrogens is 1. The van der Waals surface area contributed by atoms with Crippen molar-refractivity contribution in [1.82, 2.24) is 4.98 Å². The summed E-state index contributed by atoms with van der Waals surface area (Å²) in [7, 11) is 0. The number of pyridine rings is 1. The molecular weight excluding hydrogens is 235 g/mol. The minimum absolute atomic E-state index is 0.133. The van der Waals surface area contributed by atoms with E-state index >= 15 is 0 Å². The highest BCUT2D eigenvalue weighted by atomic mass is 35.5.